The number of aryl methyl sites for hydroxylation is 2. The van der Waals surface area contributed by atoms with Crippen molar-refractivity contribution >= 4 is 13.4 Å². The third-order valence-corrected chi connectivity index (χ3v) is 5.59. The predicted octanol–water partition coefficient (Wildman–Crippen LogP) is 5.83. The lowest BCUT2D eigenvalue weighted by atomic mass is 10.1. The number of hydrogen-bond donors (Lipinski definition) is 0. The molecule has 0 unspecified atom stereocenters. The summed E-state index contributed by atoms with van der Waals surface area (Å²) in [5, 5.41) is 0. The van der Waals surface area contributed by atoms with Gasteiger partial charge in [0.2, 0.25) is 0 Å². The summed E-state index contributed by atoms with van der Waals surface area (Å²) in [7, 11) is -3.65. The van der Waals surface area contributed by atoms with Crippen molar-refractivity contribution in [1.29, 1.82) is 0 Å². The molecule has 0 saturated heterocycles. The van der Waals surface area contributed by atoms with Crippen LogP contribution in [-0.4, -0.2) is 11.9 Å². The van der Waals surface area contributed by atoms with E-state index in [1.807, 2.05) is 36.4 Å². The Hall–Kier alpha value is -2.06. The molecule has 5 heteroatoms. The molecule has 0 aliphatic heterocycles. The predicted molar refractivity (Wildman–Crippen MR) is 105 cm³/mol. The van der Waals surface area contributed by atoms with E-state index in [1.165, 1.54) is 6.92 Å². The van der Waals surface area contributed by atoms with Crippen LogP contribution in [0.15, 0.2) is 48.5 Å². The van der Waals surface area contributed by atoms with Crippen LogP contribution >= 0.6 is 7.60 Å². The first kappa shape index (κ1) is 20.3. The Bertz CT molecular complexity index is 730. The minimum absolute atomic E-state index is 0.234. The smallest absolute Gasteiger partial charge is 0.416 e. The second-order valence-electron chi connectivity index (χ2n) is 6.45. The Labute approximate surface area is 156 Å². The maximum absolute atomic E-state index is 13.2. The lowest BCUT2D eigenvalue weighted by Crippen LogP contribution is -2.10. The summed E-state index contributed by atoms with van der Waals surface area (Å²) >= 11 is 0. The van der Waals surface area contributed by atoms with Crippen LogP contribution in [0.2, 0.25) is 0 Å². The van der Waals surface area contributed by atoms with Gasteiger partial charge < -0.3 is 9.05 Å². The molecule has 0 atom stereocenters. The van der Waals surface area contributed by atoms with E-state index in [-0.39, 0.29) is 11.9 Å². The Kier molecular flexibility index (Phi) is 7.47. The number of carbonyl (C=O) groups excluding carboxylic acids is 1. The number of rotatable bonds is 10. The van der Waals surface area contributed by atoms with E-state index in [1.54, 1.807) is 12.1 Å². The van der Waals surface area contributed by atoms with E-state index in [0.29, 0.717) is 11.5 Å². The molecule has 0 aliphatic rings. The summed E-state index contributed by atoms with van der Waals surface area (Å²) in [5.41, 5.74) is 2.20. The normalized spacial score (nSPS) is 11.2. The average Bonchev–Trinajstić information content (AvgIpc) is 2.55. The lowest BCUT2D eigenvalue weighted by Gasteiger charge is -2.20. The number of hydrogen-bond acceptors (Lipinski definition) is 4. The van der Waals surface area contributed by atoms with Crippen molar-refractivity contribution < 1.29 is 18.4 Å². The first-order valence-corrected chi connectivity index (χ1v) is 10.8. The zero-order chi connectivity index (χ0) is 19.0. The molecule has 140 valence electrons. The molecule has 0 N–H and O–H groups in total. The van der Waals surface area contributed by atoms with E-state index in [9.17, 15) is 9.36 Å². The second kappa shape index (κ2) is 9.59. The van der Waals surface area contributed by atoms with E-state index < -0.39 is 7.60 Å². The Morgan fingerprint density at radius 2 is 1.35 bits per heavy atom. The number of Topliss-reactive ketones (excluding diaryl/α,β-unsaturated/α-hetero) is 1. The van der Waals surface area contributed by atoms with Gasteiger partial charge in [-0.25, -0.2) is 4.57 Å². The highest BCUT2D eigenvalue weighted by Crippen LogP contribution is 2.48. The highest BCUT2D eigenvalue weighted by molar-refractivity contribution is 7.55. The number of benzene rings is 2. The van der Waals surface area contributed by atoms with Gasteiger partial charge in [-0.3, -0.25) is 4.79 Å². The molecule has 0 aliphatic carbocycles. The van der Waals surface area contributed by atoms with Crippen LogP contribution in [-0.2, 0) is 22.2 Å². The molecular weight excluding hydrogens is 347 g/mol. The van der Waals surface area contributed by atoms with Gasteiger partial charge in [-0.2, -0.15) is 0 Å². The van der Waals surface area contributed by atoms with Crippen LogP contribution in [0, 0.1) is 0 Å². The Morgan fingerprint density at radius 3 is 1.73 bits per heavy atom. The van der Waals surface area contributed by atoms with Gasteiger partial charge in [0.1, 0.15) is 23.4 Å². The van der Waals surface area contributed by atoms with Gasteiger partial charge in [-0.15, -0.1) is 0 Å². The van der Waals surface area contributed by atoms with Gasteiger partial charge in [0.25, 0.3) is 0 Å². The fraction of sp³-hybridized carbons (Fsp3) is 0.381. The molecule has 0 heterocycles. The maximum atomic E-state index is 13.2. The Balaban J connectivity index is 2.24. The van der Waals surface area contributed by atoms with Crippen LogP contribution in [0.3, 0.4) is 0 Å². The lowest BCUT2D eigenvalue weighted by molar-refractivity contribution is -0.114. The fourth-order valence-corrected chi connectivity index (χ4v) is 4.35. The summed E-state index contributed by atoms with van der Waals surface area (Å²) in [6.07, 6.45) is 3.58. The van der Waals surface area contributed by atoms with Crippen molar-refractivity contribution in [3.63, 3.8) is 0 Å². The van der Waals surface area contributed by atoms with Crippen LogP contribution < -0.4 is 9.05 Å². The molecule has 2 aromatic rings. The van der Waals surface area contributed by atoms with Crippen LogP contribution in [0.1, 0.15) is 44.7 Å². The summed E-state index contributed by atoms with van der Waals surface area (Å²) in [4.78, 5) is 11.6. The van der Waals surface area contributed by atoms with Crippen LogP contribution in [0.5, 0.6) is 11.5 Å². The van der Waals surface area contributed by atoms with Crippen LogP contribution in [0.25, 0.3) is 0 Å². The molecule has 0 saturated carbocycles. The first-order valence-electron chi connectivity index (χ1n) is 9.09. The summed E-state index contributed by atoms with van der Waals surface area (Å²) in [5.74, 6) is 0.693. The minimum Gasteiger partial charge on any atom is -0.416 e. The van der Waals surface area contributed by atoms with Gasteiger partial charge in [-0.1, -0.05) is 51.0 Å². The largest absolute Gasteiger partial charge is 0.438 e. The zero-order valence-corrected chi connectivity index (χ0v) is 16.6. The third-order valence-electron chi connectivity index (χ3n) is 3.78. The molecular formula is C21H27O4P. The van der Waals surface area contributed by atoms with E-state index in [0.717, 1.165) is 36.8 Å². The zero-order valence-electron chi connectivity index (χ0n) is 15.7. The fourth-order valence-electron chi connectivity index (χ4n) is 2.77. The first-order chi connectivity index (χ1) is 12.4. The third kappa shape index (κ3) is 6.34. The van der Waals surface area contributed by atoms with Gasteiger partial charge in [0.15, 0.2) is 0 Å². The van der Waals surface area contributed by atoms with Gasteiger partial charge >= 0.3 is 7.60 Å². The molecule has 0 radical (unpaired) electrons. The molecule has 0 bridgehead atoms. The highest BCUT2D eigenvalue weighted by atomic mass is 31.2. The molecule has 0 aromatic heterocycles. The second-order valence-corrected chi connectivity index (χ2v) is 8.35. The van der Waals surface area contributed by atoms with Crippen LogP contribution in [0.4, 0.5) is 0 Å². The number of ketones is 1. The SMILES string of the molecule is CCCc1cccc(OP(=O)(CC(C)=O)Oc2cccc(CCC)c2)c1. The molecule has 0 fully saturated rings. The quantitative estimate of drug-likeness (QED) is 0.491. The molecule has 2 aromatic carbocycles. The maximum Gasteiger partial charge on any atom is 0.438 e. The molecule has 2 rings (SSSR count). The van der Waals surface area contributed by atoms with Crippen molar-refractivity contribution in [2.75, 3.05) is 6.16 Å². The van der Waals surface area contributed by atoms with Crippen molar-refractivity contribution in [2.45, 2.75) is 46.5 Å². The monoisotopic (exact) mass is 374 g/mol. The van der Waals surface area contributed by atoms with Crippen molar-refractivity contribution in [1.82, 2.24) is 0 Å². The van der Waals surface area contributed by atoms with E-state index in [2.05, 4.69) is 13.8 Å². The van der Waals surface area contributed by atoms with Crippen molar-refractivity contribution in [3.8, 4) is 11.5 Å². The topological polar surface area (TPSA) is 52.6 Å². The molecule has 26 heavy (non-hydrogen) atoms. The minimum atomic E-state index is -3.65. The van der Waals surface area contributed by atoms with Gasteiger partial charge in [-0.05, 0) is 55.2 Å². The molecule has 4 nitrogen and oxygen atoms in total. The molecule has 0 amide bonds. The summed E-state index contributed by atoms with van der Waals surface area (Å²) in [6.45, 7) is 5.58. The van der Waals surface area contributed by atoms with E-state index >= 15 is 0 Å². The molecule has 0 spiro atoms. The summed E-state index contributed by atoms with van der Waals surface area (Å²) in [6, 6.07) is 14.9. The Morgan fingerprint density at radius 1 is 0.885 bits per heavy atom. The van der Waals surface area contributed by atoms with E-state index in [4.69, 9.17) is 9.05 Å². The average molecular weight is 374 g/mol. The number of carbonyl (C=O) groups is 1. The van der Waals surface area contributed by atoms with Crippen molar-refractivity contribution in [2.24, 2.45) is 0 Å². The summed E-state index contributed by atoms with van der Waals surface area (Å²) < 4.78 is 24.7. The van der Waals surface area contributed by atoms with Gasteiger partial charge in [0, 0.05) is 0 Å². The standard InChI is InChI=1S/C21H27O4P/c1-4-8-18-10-6-12-20(14-18)24-26(23,16-17(3)22)25-21-13-7-11-19(15-21)9-5-2/h6-7,10-15H,4-5,8-9,16H2,1-3H3. The van der Waals surface area contributed by atoms with Crippen molar-refractivity contribution in [3.05, 3.63) is 59.7 Å². The highest BCUT2D eigenvalue weighted by Gasteiger charge is 2.30. The van der Waals surface area contributed by atoms with Gasteiger partial charge in [0.05, 0.1) is 0 Å².